The van der Waals surface area contributed by atoms with E-state index in [1.165, 1.54) is 11.6 Å². The summed E-state index contributed by atoms with van der Waals surface area (Å²) in [4.78, 5) is 40.4. The highest BCUT2D eigenvalue weighted by Gasteiger charge is 2.22. The standard InChI is InChI=1S/C22H24N6O2/c1-3-19(29)28-10-8-27(9-11-28)18-14-24-21-20(26-18)17(13-23-21)22(30)25-12-16-6-4-15(2)5-7-16/h3-7,13-14H,1,8-12H2,2H3,(H,23,24)(H,25,30). The number of fused-ring (bicyclic) bond motifs is 1. The first-order chi connectivity index (χ1) is 14.5. The fraction of sp³-hybridized carbons (Fsp3) is 0.273. The molecule has 1 aliphatic heterocycles. The number of carbonyl (C=O) groups is 2. The van der Waals surface area contributed by atoms with Gasteiger partial charge in [-0.3, -0.25) is 9.59 Å². The Morgan fingerprint density at radius 1 is 1.20 bits per heavy atom. The molecule has 0 spiro atoms. The van der Waals surface area contributed by atoms with Gasteiger partial charge < -0.3 is 20.1 Å². The molecule has 0 unspecified atom stereocenters. The Morgan fingerprint density at radius 3 is 2.63 bits per heavy atom. The van der Waals surface area contributed by atoms with Gasteiger partial charge in [0.05, 0.1) is 11.8 Å². The van der Waals surface area contributed by atoms with Crippen molar-refractivity contribution in [3.8, 4) is 0 Å². The number of nitrogens with zero attached hydrogens (tertiary/aromatic N) is 4. The average molecular weight is 404 g/mol. The van der Waals surface area contributed by atoms with Crippen LogP contribution in [0.1, 0.15) is 21.5 Å². The molecule has 1 aliphatic rings. The van der Waals surface area contributed by atoms with Crippen LogP contribution in [-0.2, 0) is 11.3 Å². The number of piperazine rings is 1. The fourth-order valence-corrected chi connectivity index (χ4v) is 3.48. The molecule has 2 amide bonds. The van der Waals surface area contributed by atoms with Crippen LogP contribution in [0, 0.1) is 6.92 Å². The molecule has 2 N–H and O–H groups in total. The highest BCUT2D eigenvalue weighted by Crippen LogP contribution is 2.20. The van der Waals surface area contributed by atoms with E-state index in [9.17, 15) is 9.59 Å². The third-order valence-electron chi connectivity index (χ3n) is 5.28. The summed E-state index contributed by atoms with van der Waals surface area (Å²) in [6.45, 7) is 8.51. The number of rotatable bonds is 5. The van der Waals surface area contributed by atoms with Crippen LogP contribution >= 0.6 is 0 Å². The van der Waals surface area contributed by atoms with Crippen molar-refractivity contribution >= 4 is 28.8 Å². The molecule has 0 aliphatic carbocycles. The number of aromatic nitrogens is 3. The normalized spacial score (nSPS) is 14.0. The van der Waals surface area contributed by atoms with Crippen molar-refractivity contribution in [1.29, 1.82) is 0 Å². The number of hydrogen-bond donors (Lipinski definition) is 2. The monoisotopic (exact) mass is 404 g/mol. The van der Waals surface area contributed by atoms with Gasteiger partial charge in [0, 0.05) is 38.9 Å². The number of anilines is 1. The lowest BCUT2D eigenvalue weighted by Crippen LogP contribution is -2.48. The predicted octanol–water partition coefficient (Wildman–Crippen LogP) is 2.03. The van der Waals surface area contributed by atoms with Crippen molar-refractivity contribution in [1.82, 2.24) is 25.2 Å². The van der Waals surface area contributed by atoms with Crippen LogP contribution in [0.25, 0.3) is 11.2 Å². The summed E-state index contributed by atoms with van der Waals surface area (Å²) in [6.07, 6.45) is 4.67. The minimum Gasteiger partial charge on any atom is -0.352 e. The van der Waals surface area contributed by atoms with Crippen LogP contribution in [0.3, 0.4) is 0 Å². The van der Waals surface area contributed by atoms with Crippen molar-refractivity contribution in [3.63, 3.8) is 0 Å². The number of amides is 2. The minimum absolute atomic E-state index is 0.0608. The van der Waals surface area contributed by atoms with E-state index in [1.54, 1.807) is 17.3 Å². The molecule has 0 saturated carbocycles. The van der Waals surface area contributed by atoms with Crippen molar-refractivity contribution in [2.24, 2.45) is 0 Å². The maximum atomic E-state index is 12.7. The van der Waals surface area contributed by atoms with Crippen molar-refractivity contribution in [2.75, 3.05) is 31.1 Å². The summed E-state index contributed by atoms with van der Waals surface area (Å²) in [7, 11) is 0. The lowest BCUT2D eigenvalue weighted by atomic mass is 10.1. The first-order valence-electron chi connectivity index (χ1n) is 9.89. The molecule has 0 atom stereocenters. The van der Waals surface area contributed by atoms with Crippen LogP contribution in [0.5, 0.6) is 0 Å². The molecule has 3 aromatic rings. The van der Waals surface area contributed by atoms with Crippen LogP contribution in [0.4, 0.5) is 5.82 Å². The molecule has 154 valence electrons. The van der Waals surface area contributed by atoms with E-state index < -0.39 is 0 Å². The summed E-state index contributed by atoms with van der Waals surface area (Å²) in [5.74, 6) is 0.435. The summed E-state index contributed by atoms with van der Waals surface area (Å²) < 4.78 is 0. The lowest BCUT2D eigenvalue weighted by Gasteiger charge is -2.34. The third-order valence-corrected chi connectivity index (χ3v) is 5.28. The van der Waals surface area contributed by atoms with E-state index in [0.717, 1.165) is 5.56 Å². The Kier molecular flexibility index (Phi) is 5.47. The largest absolute Gasteiger partial charge is 0.352 e. The van der Waals surface area contributed by atoms with Gasteiger partial charge in [-0.05, 0) is 18.6 Å². The van der Waals surface area contributed by atoms with E-state index in [-0.39, 0.29) is 11.8 Å². The Bertz CT molecular complexity index is 1080. The Balaban J connectivity index is 1.47. The number of benzene rings is 1. The maximum absolute atomic E-state index is 12.7. The lowest BCUT2D eigenvalue weighted by molar-refractivity contribution is -0.126. The fourth-order valence-electron chi connectivity index (χ4n) is 3.48. The molecule has 3 heterocycles. The molecule has 2 aromatic heterocycles. The van der Waals surface area contributed by atoms with E-state index in [1.807, 2.05) is 31.2 Å². The SMILES string of the molecule is C=CC(=O)N1CCN(c2cnc3[nH]cc(C(=O)NCc4ccc(C)cc4)c3n2)CC1. The van der Waals surface area contributed by atoms with Crippen molar-refractivity contribution in [3.05, 3.63) is 66.0 Å². The molecule has 1 aromatic carbocycles. The van der Waals surface area contributed by atoms with Gasteiger partial charge in [-0.25, -0.2) is 9.97 Å². The van der Waals surface area contributed by atoms with Gasteiger partial charge >= 0.3 is 0 Å². The highest BCUT2D eigenvalue weighted by molar-refractivity contribution is 6.04. The first kappa shape index (κ1) is 19.6. The Hall–Kier alpha value is -3.68. The summed E-state index contributed by atoms with van der Waals surface area (Å²) >= 11 is 0. The number of aryl methyl sites for hydroxylation is 1. The molecule has 8 nitrogen and oxygen atoms in total. The van der Waals surface area contributed by atoms with Gasteiger partial charge in [-0.15, -0.1) is 0 Å². The molecule has 1 saturated heterocycles. The summed E-state index contributed by atoms with van der Waals surface area (Å²) in [6, 6.07) is 8.04. The Labute approximate surface area is 174 Å². The van der Waals surface area contributed by atoms with Crippen LogP contribution in [0.15, 0.2) is 49.3 Å². The van der Waals surface area contributed by atoms with E-state index in [0.29, 0.717) is 55.3 Å². The topological polar surface area (TPSA) is 94.2 Å². The summed E-state index contributed by atoms with van der Waals surface area (Å²) in [5, 5.41) is 2.94. The molecular weight excluding hydrogens is 380 g/mol. The molecule has 1 fully saturated rings. The molecular formula is C22H24N6O2. The van der Waals surface area contributed by atoms with Gasteiger partial charge in [-0.2, -0.15) is 0 Å². The van der Waals surface area contributed by atoms with Crippen LogP contribution < -0.4 is 10.2 Å². The van der Waals surface area contributed by atoms with Gasteiger partial charge in [0.2, 0.25) is 5.91 Å². The maximum Gasteiger partial charge on any atom is 0.255 e. The van der Waals surface area contributed by atoms with E-state index in [2.05, 4.69) is 31.7 Å². The highest BCUT2D eigenvalue weighted by atomic mass is 16.2. The molecule has 4 rings (SSSR count). The molecule has 30 heavy (non-hydrogen) atoms. The van der Waals surface area contributed by atoms with Crippen molar-refractivity contribution in [2.45, 2.75) is 13.5 Å². The second kappa shape index (κ2) is 8.36. The first-order valence-corrected chi connectivity index (χ1v) is 9.89. The number of aromatic amines is 1. The second-order valence-electron chi connectivity index (χ2n) is 7.31. The minimum atomic E-state index is -0.199. The van der Waals surface area contributed by atoms with Gasteiger partial charge in [0.1, 0.15) is 11.3 Å². The Morgan fingerprint density at radius 2 is 1.93 bits per heavy atom. The van der Waals surface area contributed by atoms with Gasteiger partial charge in [-0.1, -0.05) is 36.4 Å². The van der Waals surface area contributed by atoms with Gasteiger partial charge in [0.15, 0.2) is 5.65 Å². The third kappa shape index (κ3) is 4.03. The zero-order valence-corrected chi connectivity index (χ0v) is 16.9. The smallest absolute Gasteiger partial charge is 0.255 e. The molecule has 0 bridgehead atoms. The van der Waals surface area contributed by atoms with E-state index >= 15 is 0 Å². The molecule has 0 radical (unpaired) electrons. The van der Waals surface area contributed by atoms with E-state index in [4.69, 9.17) is 0 Å². The van der Waals surface area contributed by atoms with Crippen LogP contribution in [-0.4, -0.2) is 57.8 Å². The average Bonchev–Trinajstić information content (AvgIpc) is 3.21. The van der Waals surface area contributed by atoms with Crippen LogP contribution in [0.2, 0.25) is 0 Å². The number of H-pyrrole nitrogens is 1. The number of nitrogens with one attached hydrogen (secondary N) is 2. The second-order valence-corrected chi connectivity index (χ2v) is 7.31. The van der Waals surface area contributed by atoms with Crippen molar-refractivity contribution < 1.29 is 9.59 Å². The number of hydrogen-bond acceptors (Lipinski definition) is 5. The quantitative estimate of drug-likeness (QED) is 0.635. The number of carbonyl (C=O) groups excluding carboxylic acids is 2. The predicted molar refractivity (Wildman–Crippen MR) is 115 cm³/mol. The zero-order chi connectivity index (χ0) is 21.1. The molecule has 8 heteroatoms. The summed E-state index contributed by atoms with van der Waals surface area (Å²) in [5.41, 5.74) is 3.79. The van der Waals surface area contributed by atoms with Gasteiger partial charge in [0.25, 0.3) is 5.91 Å². The zero-order valence-electron chi connectivity index (χ0n) is 16.9.